The number of hydrogen-bond donors (Lipinski definition) is 0. The van der Waals surface area contributed by atoms with Gasteiger partial charge in [0, 0.05) is 0 Å². The van der Waals surface area contributed by atoms with E-state index in [1.807, 2.05) is 0 Å². The Balaban J connectivity index is 2.07. The van der Waals surface area contributed by atoms with Crippen LogP contribution in [0, 0.1) is 0 Å². The molecule has 0 aromatic heterocycles. The molecule has 0 aliphatic rings. The van der Waals surface area contributed by atoms with Crippen LogP contribution in [0.2, 0.25) is 0 Å². The molecule has 0 radical (unpaired) electrons. The minimum atomic E-state index is 0.0934. The number of benzene rings is 4. The van der Waals surface area contributed by atoms with Crippen molar-refractivity contribution in [2.75, 3.05) is 0 Å². The summed E-state index contributed by atoms with van der Waals surface area (Å²) in [6.45, 7) is 6.86. The van der Waals surface area contributed by atoms with Crippen LogP contribution in [0.3, 0.4) is 0 Å². The predicted octanol–water partition coefficient (Wildman–Crippen LogP) is 7.47. The number of fused-ring (bicyclic) bond motifs is 1. The second-order valence-corrected chi connectivity index (χ2v) is 7.91. The second kappa shape index (κ2) is 6.46. The molecule has 0 saturated carbocycles. The molecule has 0 atom stereocenters. The standard InChI is InChI=1S/C26H24/c1-26(2,3)25-16-10-9-15-22(25)24-18-21-14-8-7-13-20(21)17-23(24)19-11-5-4-6-12-19/h4-18H,1-3H3. The maximum Gasteiger partial charge on any atom is -0.00961 e. The van der Waals surface area contributed by atoms with E-state index in [-0.39, 0.29) is 5.41 Å². The maximum absolute atomic E-state index is 2.35. The molecule has 26 heavy (non-hydrogen) atoms. The van der Waals surface area contributed by atoms with Gasteiger partial charge in [0.1, 0.15) is 0 Å². The van der Waals surface area contributed by atoms with Crippen LogP contribution in [0.15, 0.2) is 91.0 Å². The average molecular weight is 336 g/mol. The summed E-state index contributed by atoms with van der Waals surface area (Å²) in [6.07, 6.45) is 0. The fourth-order valence-corrected chi connectivity index (χ4v) is 3.69. The van der Waals surface area contributed by atoms with Crippen LogP contribution in [0.25, 0.3) is 33.0 Å². The lowest BCUT2D eigenvalue weighted by molar-refractivity contribution is 0.592. The zero-order valence-electron chi connectivity index (χ0n) is 15.7. The molecule has 0 fully saturated rings. The lowest BCUT2D eigenvalue weighted by Crippen LogP contribution is -2.12. The van der Waals surface area contributed by atoms with Crippen LogP contribution in [0.4, 0.5) is 0 Å². The van der Waals surface area contributed by atoms with Gasteiger partial charge in [0.2, 0.25) is 0 Å². The van der Waals surface area contributed by atoms with E-state index in [1.165, 1.54) is 38.6 Å². The average Bonchev–Trinajstić information content (AvgIpc) is 2.67. The van der Waals surface area contributed by atoms with Crippen LogP contribution in [-0.4, -0.2) is 0 Å². The van der Waals surface area contributed by atoms with Crippen LogP contribution in [0.5, 0.6) is 0 Å². The fourth-order valence-electron chi connectivity index (χ4n) is 3.69. The highest BCUT2D eigenvalue weighted by Gasteiger charge is 2.20. The van der Waals surface area contributed by atoms with Gasteiger partial charge in [-0.2, -0.15) is 0 Å². The smallest absolute Gasteiger partial charge is 0.00961 e. The van der Waals surface area contributed by atoms with Gasteiger partial charge < -0.3 is 0 Å². The van der Waals surface area contributed by atoms with Gasteiger partial charge in [-0.15, -0.1) is 0 Å². The zero-order valence-corrected chi connectivity index (χ0v) is 15.7. The van der Waals surface area contributed by atoms with E-state index in [9.17, 15) is 0 Å². The summed E-state index contributed by atoms with van der Waals surface area (Å²) in [5.74, 6) is 0. The third kappa shape index (κ3) is 3.04. The van der Waals surface area contributed by atoms with E-state index in [2.05, 4.69) is 112 Å². The summed E-state index contributed by atoms with van der Waals surface area (Å²) in [7, 11) is 0. The monoisotopic (exact) mass is 336 g/mol. The van der Waals surface area contributed by atoms with E-state index < -0.39 is 0 Å². The third-order valence-corrected chi connectivity index (χ3v) is 5.00. The van der Waals surface area contributed by atoms with Gasteiger partial charge in [-0.1, -0.05) is 99.6 Å². The summed E-state index contributed by atoms with van der Waals surface area (Å²) in [5.41, 5.74) is 6.66. The topological polar surface area (TPSA) is 0 Å². The molecular weight excluding hydrogens is 312 g/mol. The Bertz CT molecular complexity index is 1050. The molecule has 4 aromatic rings. The Hall–Kier alpha value is -2.86. The molecule has 0 heteroatoms. The molecule has 0 spiro atoms. The van der Waals surface area contributed by atoms with Crippen molar-refractivity contribution in [3.63, 3.8) is 0 Å². The Kier molecular flexibility index (Phi) is 4.12. The molecule has 0 aliphatic heterocycles. The molecule has 0 aliphatic carbocycles. The predicted molar refractivity (Wildman–Crippen MR) is 114 cm³/mol. The minimum Gasteiger partial charge on any atom is -0.0622 e. The number of hydrogen-bond acceptors (Lipinski definition) is 0. The van der Waals surface area contributed by atoms with Crippen LogP contribution in [-0.2, 0) is 5.41 Å². The highest BCUT2D eigenvalue weighted by molar-refractivity contribution is 5.97. The quantitative estimate of drug-likeness (QED) is 0.356. The normalized spacial score (nSPS) is 11.7. The number of rotatable bonds is 2. The van der Waals surface area contributed by atoms with Crippen molar-refractivity contribution in [1.82, 2.24) is 0 Å². The first-order valence-corrected chi connectivity index (χ1v) is 9.22. The van der Waals surface area contributed by atoms with Crippen LogP contribution < -0.4 is 0 Å². The van der Waals surface area contributed by atoms with Crippen molar-refractivity contribution in [3.05, 3.63) is 96.6 Å². The first-order valence-electron chi connectivity index (χ1n) is 9.22. The molecule has 0 bridgehead atoms. The first-order chi connectivity index (χ1) is 12.5. The van der Waals surface area contributed by atoms with E-state index in [0.717, 1.165) is 0 Å². The van der Waals surface area contributed by atoms with Crippen LogP contribution in [0.1, 0.15) is 26.3 Å². The molecule has 4 aromatic carbocycles. The van der Waals surface area contributed by atoms with Gasteiger partial charge in [0.15, 0.2) is 0 Å². The minimum absolute atomic E-state index is 0.0934. The van der Waals surface area contributed by atoms with Gasteiger partial charge >= 0.3 is 0 Å². The highest BCUT2D eigenvalue weighted by Crippen LogP contribution is 2.40. The van der Waals surface area contributed by atoms with E-state index in [4.69, 9.17) is 0 Å². The Morgan fingerprint density at radius 2 is 1.04 bits per heavy atom. The van der Waals surface area contributed by atoms with Crippen molar-refractivity contribution in [2.45, 2.75) is 26.2 Å². The lowest BCUT2D eigenvalue weighted by Gasteiger charge is -2.24. The SMILES string of the molecule is CC(C)(C)c1ccccc1-c1cc2ccccc2cc1-c1ccccc1. The molecule has 0 unspecified atom stereocenters. The fraction of sp³-hybridized carbons (Fsp3) is 0.154. The van der Waals surface area contributed by atoms with Crippen LogP contribution >= 0.6 is 0 Å². The van der Waals surface area contributed by atoms with Crippen molar-refractivity contribution in [1.29, 1.82) is 0 Å². The van der Waals surface area contributed by atoms with E-state index in [1.54, 1.807) is 0 Å². The van der Waals surface area contributed by atoms with Gasteiger partial charge in [-0.3, -0.25) is 0 Å². The van der Waals surface area contributed by atoms with Gasteiger partial charge in [0.05, 0.1) is 0 Å². The van der Waals surface area contributed by atoms with Crippen molar-refractivity contribution >= 4 is 10.8 Å². The Morgan fingerprint density at radius 3 is 1.69 bits per heavy atom. The Morgan fingerprint density at radius 1 is 0.500 bits per heavy atom. The van der Waals surface area contributed by atoms with Crippen molar-refractivity contribution in [2.24, 2.45) is 0 Å². The second-order valence-electron chi connectivity index (χ2n) is 7.91. The van der Waals surface area contributed by atoms with Gasteiger partial charge in [-0.25, -0.2) is 0 Å². The Labute approximate surface area is 156 Å². The molecule has 128 valence electrons. The van der Waals surface area contributed by atoms with Gasteiger partial charge in [0.25, 0.3) is 0 Å². The molecule has 0 saturated heterocycles. The highest BCUT2D eigenvalue weighted by atomic mass is 14.2. The third-order valence-electron chi connectivity index (χ3n) is 5.00. The summed E-state index contributed by atoms with van der Waals surface area (Å²) in [6, 6.07) is 32.8. The molecule has 0 nitrogen and oxygen atoms in total. The summed E-state index contributed by atoms with van der Waals surface area (Å²) in [4.78, 5) is 0. The van der Waals surface area contributed by atoms with Crippen molar-refractivity contribution < 1.29 is 0 Å². The molecule has 0 amide bonds. The van der Waals surface area contributed by atoms with E-state index >= 15 is 0 Å². The molecule has 0 heterocycles. The first kappa shape index (κ1) is 16.6. The summed E-state index contributed by atoms with van der Waals surface area (Å²) >= 11 is 0. The van der Waals surface area contributed by atoms with Crippen molar-refractivity contribution in [3.8, 4) is 22.3 Å². The zero-order chi connectivity index (χ0) is 18.1. The lowest BCUT2D eigenvalue weighted by atomic mass is 9.80. The molecular formula is C26H24. The largest absolute Gasteiger partial charge is 0.0622 e. The maximum atomic E-state index is 2.35. The summed E-state index contributed by atoms with van der Waals surface area (Å²) in [5, 5.41) is 2.56. The summed E-state index contributed by atoms with van der Waals surface area (Å²) < 4.78 is 0. The van der Waals surface area contributed by atoms with Gasteiger partial charge in [-0.05, 0) is 56.1 Å². The molecule has 0 N–H and O–H groups in total. The van der Waals surface area contributed by atoms with E-state index in [0.29, 0.717) is 0 Å². The molecule has 4 rings (SSSR count).